The van der Waals surface area contributed by atoms with Crippen molar-refractivity contribution in [2.75, 3.05) is 0 Å². The molecule has 2 aromatic rings. The maximum atomic E-state index is 12.4. The normalized spacial score (nSPS) is 11.6. The molecule has 0 aliphatic rings. The Bertz CT molecular complexity index is 637. The van der Waals surface area contributed by atoms with E-state index in [-0.39, 0.29) is 16.3 Å². The molecule has 1 aromatic heterocycles. The van der Waals surface area contributed by atoms with E-state index in [1.165, 1.54) is 12.1 Å². The fraction of sp³-hybridized carbons (Fsp3) is 0.0909. The molecule has 0 bridgehead atoms. The Kier molecular flexibility index (Phi) is 3.23. The van der Waals surface area contributed by atoms with Crippen LogP contribution in [0.4, 0.5) is 13.2 Å². The highest BCUT2D eigenvalue weighted by Gasteiger charge is 2.33. The summed E-state index contributed by atoms with van der Waals surface area (Å²) in [5.74, 6) is -1.18. The molecule has 1 aromatic carbocycles. The van der Waals surface area contributed by atoms with Gasteiger partial charge in [0.05, 0.1) is 16.3 Å². The summed E-state index contributed by atoms with van der Waals surface area (Å²) in [4.78, 5) is 10.7. The van der Waals surface area contributed by atoms with Crippen molar-refractivity contribution in [1.82, 2.24) is 9.78 Å². The van der Waals surface area contributed by atoms with Crippen molar-refractivity contribution in [3.63, 3.8) is 0 Å². The molecule has 0 radical (unpaired) electrons. The molecule has 0 aliphatic heterocycles. The third-order valence-corrected chi connectivity index (χ3v) is 2.62. The summed E-state index contributed by atoms with van der Waals surface area (Å²) in [7, 11) is 0. The van der Waals surface area contributed by atoms with Crippen molar-refractivity contribution in [2.24, 2.45) is 0 Å². The van der Waals surface area contributed by atoms with E-state index in [4.69, 9.17) is 16.7 Å². The van der Waals surface area contributed by atoms with Gasteiger partial charge in [0.1, 0.15) is 0 Å². The molecule has 4 nitrogen and oxygen atoms in total. The number of rotatable bonds is 2. The summed E-state index contributed by atoms with van der Waals surface area (Å²) in [5.41, 5.74) is -0.940. The van der Waals surface area contributed by atoms with Crippen LogP contribution in [0.15, 0.2) is 30.5 Å². The lowest BCUT2D eigenvalue weighted by Crippen LogP contribution is -2.07. The zero-order chi connectivity index (χ0) is 14.2. The van der Waals surface area contributed by atoms with Gasteiger partial charge in [-0.15, -0.1) is 0 Å². The minimum atomic E-state index is -4.54. The summed E-state index contributed by atoms with van der Waals surface area (Å²) < 4.78 is 38.1. The predicted octanol–water partition coefficient (Wildman–Crippen LogP) is 3.24. The van der Waals surface area contributed by atoms with Gasteiger partial charge in [-0.05, 0) is 24.3 Å². The van der Waals surface area contributed by atoms with E-state index in [1.54, 1.807) is 0 Å². The number of carbonyl (C=O) groups is 1. The van der Waals surface area contributed by atoms with Gasteiger partial charge in [0.2, 0.25) is 0 Å². The average molecular weight is 291 g/mol. The largest absolute Gasteiger partial charge is 0.478 e. The Labute approximate surface area is 110 Å². The number of benzene rings is 1. The van der Waals surface area contributed by atoms with Crippen molar-refractivity contribution in [2.45, 2.75) is 6.18 Å². The molecular weight excluding hydrogens is 285 g/mol. The summed E-state index contributed by atoms with van der Waals surface area (Å²) in [6.07, 6.45) is -3.44. The molecule has 1 heterocycles. The smallest absolute Gasteiger partial charge is 0.435 e. The van der Waals surface area contributed by atoms with E-state index < -0.39 is 17.8 Å². The van der Waals surface area contributed by atoms with E-state index in [1.807, 2.05) is 0 Å². The molecule has 0 spiro atoms. The topological polar surface area (TPSA) is 55.1 Å². The standard InChI is InChI=1S/C11H6ClF3N2O2/c12-7-5-6(10(18)19)1-2-8(7)17-4-3-9(16-17)11(13,14)15/h1-5H,(H,18,19). The molecule has 0 unspecified atom stereocenters. The van der Waals surface area contributed by atoms with Crippen molar-refractivity contribution in [1.29, 1.82) is 0 Å². The molecule has 1 N–H and O–H groups in total. The lowest BCUT2D eigenvalue weighted by Gasteiger charge is -2.06. The van der Waals surface area contributed by atoms with Gasteiger partial charge in [-0.25, -0.2) is 9.48 Å². The molecular formula is C11H6ClF3N2O2. The first kappa shape index (κ1) is 13.4. The number of hydrogen-bond donors (Lipinski definition) is 1. The van der Waals surface area contributed by atoms with Crippen LogP contribution < -0.4 is 0 Å². The molecule has 100 valence electrons. The fourth-order valence-corrected chi connectivity index (χ4v) is 1.70. The second kappa shape index (κ2) is 4.58. The van der Waals surface area contributed by atoms with Crippen molar-refractivity contribution in [3.8, 4) is 5.69 Å². The Morgan fingerprint density at radius 2 is 2.00 bits per heavy atom. The minimum Gasteiger partial charge on any atom is -0.478 e. The van der Waals surface area contributed by atoms with Gasteiger partial charge in [-0.3, -0.25) is 0 Å². The van der Waals surface area contributed by atoms with E-state index in [0.29, 0.717) is 0 Å². The van der Waals surface area contributed by atoms with Crippen molar-refractivity contribution in [3.05, 3.63) is 46.7 Å². The summed E-state index contributed by atoms with van der Waals surface area (Å²) in [6, 6.07) is 4.48. The summed E-state index contributed by atoms with van der Waals surface area (Å²) in [5, 5.41) is 12.1. The number of carboxylic acid groups (broad SMARTS) is 1. The number of halogens is 4. The minimum absolute atomic E-state index is 0.00303. The first-order valence-electron chi connectivity index (χ1n) is 4.95. The van der Waals surface area contributed by atoms with Gasteiger partial charge in [0.25, 0.3) is 0 Å². The maximum Gasteiger partial charge on any atom is 0.435 e. The quantitative estimate of drug-likeness (QED) is 0.924. The highest BCUT2D eigenvalue weighted by atomic mass is 35.5. The van der Waals surface area contributed by atoms with Crippen LogP contribution >= 0.6 is 11.6 Å². The predicted molar refractivity (Wildman–Crippen MR) is 60.5 cm³/mol. The zero-order valence-corrected chi connectivity index (χ0v) is 9.90. The Morgan fingerprint density at radius 3 is 2.47 bits per heavy atom. The second-order valence-corrected chi connectivity index (χ2v) is 4.02. The molecule has 0 fully saturated rings. The SMILES string of the molecule is O=C(O)c1ccc(-n2ccc(C(F)(F)F)n2)c(Cl)c1. The van der Waals surface area contributed by atoms with E-state index >= 15 is 0 Å². The van der Waals surface area contributed by atoms with Crippen LogP contribution in [-0.4, -0.2) is 20.9 Å². The molecule has 0 aliphatic carbocycles. The monoisotopic (exact) mass is 290 g/mol. The first-order valence-corrected chi connectivity index (χ1v) is 5.33. The molecule has 0 saturated carbocycles. The Balaban J connectivity index is 2.43. The van der Waals surface area contributed by atoms with Gasteiger partial charge in [-0.1, -0.05) is 11.6 Å². The second-order valence-electron chi connectivity index (χ2n) is 3.61. The third-order valence-electron chi connectivity index (χ3n) is 2.32. The van der Waals surface area contributed by atoms with Gasteiger partial charge in [-0.2, -0.15) is 18.3 Å². The first-order chi connectivity index (χ1) is 8.79. The average Bonchev–Trinajstić information content (AvgIpc) is 2.77. The molecule has 0 saturated heterocycles. The highest BCUT2D eigenvalue weighted by molar-refractivity contribution is 6.32. The zero-order valence-electron chi connectivity index (χ0n) is 9.15. The molecule has 0 atom stereocenters. The van der Waals surface area contributed by atoms with Gasteiger partial charge < -0.3 is 5.11 Å². The lowest BCUT2D eigenvalue weighted by atomic mass is 10.2. The van der Waals surface area contributed by atoms with Crippen molar-refractivity contribution < 1.29 is 23.1 Å². The van der Waals surface area contributed by atoms with Crippen LogP contribution in [0.3, 0.4) is 0 Å². The van der Waals surface area contributed by atoms with E-state index in [2.05, 4.69) is 5.10 Å². The highest BCUT2D eigenvalue weighted by Crippen LogP contribution is 2.29. The molecule has 0 amide bonds. The van der Waals surface area contributed by atoms with Crippen LogP contribution in [0, 0.1) is 0 Å². The number of aromatic nitrogens is 2. The Morgan fingerprint density at radius 1 is 1.32 bits per heavy atom. The molecule has 2 rings (SSSR count). The molecule has 8 heteroatoms. The van der Waals surface area contributed by atoms with Gasteiger partial charge >= 0.3 is 12.1 Å². The number of nitrogens with zero attached hydrogens (tertiary/aromatic N) is 2. The van der Waals surface area contributed by atoms with Crippen LogP contribution in [0.5, 0.6) is 0 Å². The van der Waals surface area contributed by atoms with Crippen molar-refractivity contribution >= 4 is 17.6 Å². The third kappa shape index (κ3) is 2.70. The van der Waals surface area contributed by atoms with Gasteiger partial charge in [0.15, 0.2) is 5.69 Å². The van der Waals surface area contributed by atoms with E-state index in [0.717, 1.165) is 23.0 Å². The van der Waals surface area contributed by atoms with Crippen LogP contribution in [-0.2, 0) is 6.18 Å². The maximum absolute atomic E-state index is 12.4. The number of alkyl halides is 3. The molecule has 19 heavy (non-hydrogen) atoms. The summed E-state index contributed by atoms with van der Waals surface area (Å²) in [6.45, 7) is 0. The fourth-order valence-electron chi connectivity index (χ4n) is 1.44. The van der Waals surface area contributed by atoms with Gasteiger partial charge in [0, 0.05) is 6.20 Å². The Hall–Kier alpha value is -2.02. The number of aromatic carboxylic acids is 1. The lowest BCUT2D eigenvalue weighted by molar-refractivity contribution is -0.141. The summed E-state index contributed by atoms with van der Waals surface area (Å²) >= 11 is 5.83. The number of hydrogen-bond acceptors (Lipinski definition) is 2. The van der Waals surface area contributed by atoms with Crippen LogP contribution in [0.2, 0.25) is 5.02 Å². The number of carboxylic acids is 1. The van der Waals surface area contributed by atoms with E-state index in [9.17, 15) is 18.0 Å². The van der Waals surface area contributed by atoms with Crippen LogP contribution in [0.25, 0.3) is 5.69 Å². The van der Waals surface area contributed by atoms with Crippen LogP contribution in [0.1, 0.15) is 16.1 Å².